The Morgan fingerprint density at radius 3 is 2.81 bits per heavy atom. The van der Waals surface area contributed by atoms with Crippen LogP contribution < -0.4 is 15.4 Å². The molecule has 0 atom stereocenters. The number of aromatic nitrogens is 2. The number of fused-ring (bicyclic) bond motifs is 3. The number of amidine groups is 1. The van der Waals surface area contributed by atoms with Gasteiger partial charge in [0.2, 0.25) is 5.96 Å². The Hall–Kier alpha value is -2.88. The molecule has 1 aliphatic heterocycles. The van der Waals surface area contributed by atoms with Crippen LogP contribution in [-0.4, -0.2) is 45.7 Å². The predicted molar refractivity (Wildman–Crippen MR) is 123 cm³/mol. The summed E-state index contributed by atoms with van der Waals surface area (Å²) < 4.78 is 14.0. The molecule has 2 aromatic rings. The first-order chi connectivity index (χ1) is 14.5. The van der Waals surface area contributed by atoms with Crippen LogP contribution in [0.15, 0.2) is 33.9 Å². The number of imidazole rings is 1. The lowest BCUT2D eigenvalue weighted by atomic mass is 10.2. The normalized spacial score (nSPS) is 13.6. The van der Waals surface area contributed by atoms with Gasteiger partial charge in [-0.3, -0.25) is 10.7 Å². The molecule has 1 aromatic carbocycles. The van der Waals surface area contributed by atoms with Gasteiger partial charge in [0, 0.05) is 16.7 Å². The number of halogens is 1. The van der Waals surface area contributed by atoms with Crippen molar-refractivity contribution in [2.75, 3.05) is 6.61 Å². The fourth-order valence-electron chi connectivity index (χ4n) is 2.95. The topological polar surface area (TPSA) is 114 Å². The van der Waals surface area contributed by atoms with Crippen LogP contribution in [0, 0.1) is 5.41 Å². The molecular formula is C21H27BrN6O3. The van der Waals surface area contributed by atoms with Crippen LogP contribution in [-0.2, 0) is 11.3 Å². The van der Waals surface area contributed by atoms with E-state index in [1.54, 1.807) is 20.8 Å². The van der Waals surface area contributed by atoms with Crippen molar-refractivity contribution in [2.24, 2.45) is 4.99 Å². The van der Waals surface area contributed by atoms with Gasteiger partial charge in [-0.25, -0.2) is 9.78 Å². The van der Waals surface area contributed by atoms with Crippen LogP contribution in [0.2, 0.25) is 0 Å². The summed E-state index contributed by atoms with van der Waals surface area (Å²) in [5, 5.41) is 13.6. The molecule has 0 aliphatic carbocycles. The summed E-state index contributed by atoms with van der Waals surface area (Å²) in [6, 6.07) is 5.85. The van der Waals surface area contributed by atoms with E-state index in [0.717, 1.165) is 21.6 Å². The summed E-state index contributed by atoms with van der Waals surface area (Å²) in [4.78, 5) is 21.0. The fraction of sp³-hybridized carbons (Fsp3) is 0.429. The standard InChI is InChI=1S/C21H27BrN6O3/c1-12(2)24-17(26-19(23)27-20(29)31-21(3,4)5)15-11-28-8-9-30-16-10-13(22)6-7-14(16)18(28)25-15/h6-7,10-12H,8-9H2,1-5H3,(H3,23,24,26,27,29). The summed E-state index contributed by atoms with van der Waals surface area (Å²) in [7, 11) is 0. The highest BCUT2D eigenvalue weighted by atomic mass is 79.9. The highest BCUT2D eigenvalue weighted by Gasteiger charge is 2.22. The minimum atomic E-state index is -0.734. The maximum absolute atomic E-state index is 12.0. The largest absolute Gasteiger partial charge is 0.491 e. The van der Waals surface area contributed by atoms with E-state index < -0.39 is 11.7 Å². The number of rotatable bonds is 2. The lowest BCUT2D eigenvalue weighted by Gasteiger charge is -2.19. The Labute approximate surface area is 189 Å². The zero-order chi connectivity index (χ0) is 22.8. The third-order valence-corrected chi connectivity index (χ3v) is 4.56. The summed E-state index contributed by atoms with van der Waals surface area (Å²) in [5.74, 6) is 1.55. The lowest BCUT2D eigenvalue weighted by Crippen LogP contribution is -2.38. The molecule has 3 rings (SSSR count). The Morgan fingerprint density at radius 1 is 1.39 bits per heavy atom. The van der Waals surface area contributed by atoms with Crippen LogP contribution in [0.3, 0.4) is 0 Å². The van der Waals surface area contributed by atoms with Gasteiger partial charge in [0.25, 0.3) is 0 Å². The van der Waals surface area contributed by atoms with Gasteiger partial charge in [-0.15, -0.1) is 0 Å². The van der Waals surface area contributed by atoms with E-state index in [2.05, 4.69) is 31.6 Å². The van der Waals surface area contributed by atoms with Crippen molar-refractivity contribution < 1.29 is 14.3 Å². The van der Waals surface area contributed by atoms with Crippen molar-refractivity contribution in [1.29, 1.82) is 5.41 Å². The molecule has 10 heteroatoms. The van der Waals surface area contributed by atoms with Crippen LogP contribution >= 0.6 is 15.9 Å². The molecule has 1 aliphatic rings. The van der Waals surface area contributed by atoms with Crippen LogP contribution in [0.4, 0.5) is 4.79 Å². The first kappa shape index (κ1) is 22.8. The SMILES string of the molecule is CC(C)N/C(=N\C(=N)NC(=O)OC(C)(C)C)c1cn2c(n1)-c1ccc(Br)cc1OCC2. The Kier molecular flexibility index (Phi) is 6.68. The molecule has 0 radical (unpaired) electrons. The van der Waals surface area contributed by atoms with E-state index in [-0.39, 0.29) is 12.0 Å². The van der Waals surface area contributed by atoms with E-state index in [4.69, 9.17) is 19.9 Å². The van der Waals surface area contributed by atoms with Gasteiger partial charge in [-0.1, -0.05) is 15.9 Å². The fourth-order valence-corrected chi connectivity index (χ4v) is 3.29. The van der Waals surface area contributed by atoms with Gasteiger partial charge in [0.1, 0.15) is 29.5 Å². The zero-order valence-electron chi connectivity index (χ0n) is 18.2. The molecule has 0 fully saturated rings. The van der Waals surface area contributed by atoms with Gasteiger partial charge < -0.3 is 19.4 Å². The molecule has 166 valence electrons. The second-order valence-electron chi connectivity index (χ2n) is 8.37. The molecular weight excluding hydrogens is 464 g/mol. The molecule has 0 saturated carbocycles. The third kappa shape index (κ3) is 6.06. The number of aliphatic imine (C=N–C) groups is 1. The highest BCUT2D eigenvalue weighted by Crippen LogP contribution is 2.34. The summed E-state index contributed by atoms with van der Waals surface area (Å²) >= 11 is 3.47. The van der Waals surface area contributed by atoms with Crippen molar-refractivity contribution in [3.63, 3.8) is 0 Å². The number of ether oxygens (including phenoxy) is 2. The van der Waals surface area contributed by atoms with Gasteiger partial charge in [0.15, 0.2) is 5.84 Å². The monoisotopic (exact) mass is 490 g/mol. The average molecular weight is 491 g/mol. The van der Waals surface area contributed by atoms with E-state index in [9.17, 15) is 4.79 Å². The molecule has 0 unspecified atom stereocenters. The Balaban J connectivity index is 1.92. The molecule has 0 saturated heterocycles. The van der Waals surface area contributed by atoms with E-state index >= 15 is 0 Å². The predicted octanol–water partition coefficient (Wildman–Crippen LogP) is 3.91. The molecule has 9 nitrogen and oxygen atoms in total. The number of benzene rings is 1. The lowest BCUT2D eigenvalue weighted by molar-refractivity contribution is 0.0562. The summed E-state index contributed by atoms with van der Waals surface area (Å²) in [6.45, 7) is 10.3. The molecule has 31 heavy (non-hydrogen) atoms. The maximum atomic E-state index is 12.0. The van der Waals surface area contributed by atoms with Crippen molar-refractivity contribution in [2.45, 2.75) is 52.8 Å². The zero-order valence-corrected chi connectivity index (χ0v) is 19.8. The third-order valence-electron chi connectivity index (χ3n) is 4.06. The Bertz CT molecular complexity index is 1020. The molecule has 0 bridgehead atoms. The van der Waals surface area contributed by atoms with Gasteiger partial charge in [0.05, 0.1) is 12.1 Å². The van der Waals surface area contributed by atoms with Crippen LogP contribution in [0.5, 0.6) is 5.75 Å². The quantitative estimate of drug-likeness (QED) is 0.436. The summed E-state index contributed by atoms with van der Waals surface area (Å²) in [6.07, 6.45) is 1.13. The highest BCUT2D eigenvalue weighted by molar-refractivity contribution is 9.10. The summed E-state index contributed by atoms with van der Waals surface area (Å²) in [5.41, 5.74) is 0.770. The molecule has 2 heterocycles. The number of hydrogen-bond donors (Lipinski definition) is 3. The number of nitrogens with one attached hydrogen (secondary N) is 3. The number of alkyl carbamates (subject to hydrolysis) is 1. The van der Waals surface area contributed by atoms with E-state index in [1.165, 1.54) is 0 Å². The van der Waals surface area contributed by atoms with Crippen molar-refractivity contribution in [3.05, 3.63) is 34.6 Å². The minimum Gasteiger partial charge on any atom is -0.491 e. The maximum Gasteiger partial charge on any atom is 0.414 e. The molecule has 0 spiro atoms. The number of carbonyl (C=O) groups excluding carboxylic acids is 1. The van der Waals surface area contributed by atoms with Gasteiger partial charge in [-0.2, -0.15) is 4.99 Å². The van der Waals surface area contributed by atoms with Crippen molar-refractivity contribution >= 4 is 33.8 Å². The average Bonchev–Trinajstić information content (AvgIpc) is 2.96. The number of hydrogen-bond acceptors (Lipinski definition) is 5. The first-order valence-corrected chi connectivity index (χ1v) is 10.7. The molecule has 1 amide bonds. The van der Waals surface area contributed by atoms with E-state index in [1.807, 2.05) is 42.8 Å². The van der Waals surface area contributed by atoms with Crippen molar-refractivity contribution in [1.82, 2.24) is 20.2 Å². The first-order valence-electron chi connectivity index (χ1n) is 9.96. The van der Waals surface area contributed by atoms with Crippen LogP contribution in [0.25, 0.3) is 11.4 Å². The number of amides is 1. The van der Waals surface area contributed by atoms with E-state index in [0.29, 0.717) is 24.7 Å². The molecule has 1 aromatic heterocycles. The van der Waals surface area contributed by atoms with Gasteiger partial charge in [-0.05, 0) is 52.8 Å². The second-order valence-corrected chi connectivity index (χ2v) is 9.28. The second kappa shape index (κ2) is 9.09. The smallest absolute Gasteiger partial charge is 0.414 e. The number of guanidine groups is 1. The van der Waals surface area contributed by atoms with Crippen LogP contribution in [0.1, 0.15) is 40.3 Å². The minimum absolute atomic E-state index is 0.0427. The number of nitrogens with zero attached hydrogens (tertiary/aromatic N) is 3. The molecule has 3 N–H and O–H groups in total. The van der Waals surface area contributed by atoms with Gasteiger partial charge >= 0.3 is 6.09 Å². The van der Waals surface area contributed by atoms with Crippen molar-refractivity contribution in [3.8, 4) is 17.1 Å². The Morgan fingerprint density at radius 2 is 2.13 bits per heavy atom. The number of carbonyl (C=O) groups is 1.